The van der Waals surface area contributed by atoms with Crippen LogP contribution in [0.4, 0.5) is 4.39 Å². The van der Waals surface area contributed by atoms with Gasteiger partial charge in [0.15, 0.2) is 0 Å². The molecule has 1 fully saturated rings. The van der Waals surface area contributed by atoms with E-state index in [4.69, 9.17) is 5.73 Å². The second kappa shape index (κ2) is 1.69. The molecule has 54 valence electrons. The van der Waals surface area contributed by atoms with Crippen LogP contribution in [0, 0.1) is 0 Å². The Hall–Kier alpha value is -0.110. The Morgan fingerprint density at radius 3 is 2.11 bits per heavy atom. The van der Waals surface area contributed by atoms with Crippen LogP contribution in [0.1, 0.15) is 33.1 Å². The predicted octanol–water partition coefficient (Wildman–Crippen LogP) is 1.62. The summed E-state index contributed by atoms with van der Waals surface area (Å²) >= 11 is 0. The summed E-state index contributed by atoms with van der Waals surface area (Å²) in [6.07, 6.45) is 2.51. The highest BCUT2D eigenvalue weighted by Crippen LogP contribution is 2.40. The van der Waals surface area contributed by atoms with Crippen LogP contribution in [0.25, 0.3) is 0 Å². The van der Waals surface area contributed by atoms with Gasteiger partial charge in [-0.1, -0.05) is 0 Å². The van der Waals surface area contributed by atoms with Crippen molar-refractivity contribution in [1.29, 1.82) is 0 Å². The van der Waals surface area contributed by atoms with E-state index < -0.39 is 5.67 Å². The summed E-state index contributed by atoms with van der Waals surface area (Å²) in [6.45, 7) is 3.17. The van der Waals surface area contributed by atoms with Gasteiger partial charge >= 0.3 is 0 Å². The number of nitrogens with two attached hydrogens (primary N) is 1. The molecule has 0 aliphatic heterocycles. The predicted molar refractivity (Wildman–Crippen MR) is 36.0 cm³/mol. The smallest absolute Gasteiger partial charge is 0.107 e. The molecular weight excluding hydrogens is 117 g/mol. The molecule has 1 aliphatic rings. The minimum absolute atomic E-state index is 0.141. The third kappa shape index (κ3) is 2.31. The van der Waals surface area contributed by atoms with E-state index in [2.05, 4.69) is 0 Å². The van der Waals surface area contributed by atoms with Crippen molar-refractivity contribution in [1.82, 2.24) is 0 Å². The Morgan fingerprint density at radius 1 is 1.56 bits per heavy atom. The first kappa shape index (κ1) is 7.00. The quantitative estimate of drug-likeness (QED) is 0.605. The SMILES string of the molecule is CC(C)(F)CC1(N)CC1. The summed E-state index contributed by atoms with van der Waals surface area (Å²) in [6, 6.07) is 0. The molecule has 1 saturated carbocycles. The molecule has 9 heavy (non-hydrogen) atoms. The van der Waals surface area contributed by atoms with E-state index in [1.807, 2.05) is 0 Å². The maximum absolute atomic E-state index is 12.8. The molecule has 0 aromatic rings. The van der Waals surface area contributed by atoms with Crippen molar-refractivity contribution in [2.45, 2.75) is 44.3 Å². The average Bonchev–Trinajstić information content (AvgIpc) is 2.12. The Bertz CT molecular complexity index is 107. The standard InChI is InChI=1S/C7H14FN/c1-6(2,8)5-7(9)3-4-7/h3-5,9H2,1-2H3. The molecule has 0 radical (unpaired) electrons. The van der Waals surface area contributed by atoms with Gasteiger partial charge in [-0.3, -0.25) is 0 Å². The van der Waals surface area contributed by atoms with Gasteiger partial charge in [-0.05, 0) is 33.1 Å². The number of hydrogen-bond acceptors (Lipinski definition) is 1. The van der Waals surface area contributed by atoms with E-state index in [0.29, 0.717) is 6.42 Å². The van der Waals surface area contributed by atoms with Crippen LogP contribution >= 0.6 is 0 Å². The maximum Gasteiger partial charge on any atom is 0.107 e. The molecule has 0 bridgehead atoms. The minimum atomic E-state index is -1.08. The van der Waals surface area contributed by atoms with E-state index in [0.717, 1.165) is 12.8 Å². The van der Waals surface area contributed by atoms with Crippen molar-refractivity contribution >= 4 is 0 Å². The fourth-order valence-corrected chi connectivity index (χ4v) is 1.17. The maximum atomic E-state index is 12.8. The van der Waals surface area contributed by atoms with Gasteiger partial charge in [0.25, 0.3) is 0 Å². The minimum Gasteiger partial charge on any atom is -0.325 e. The van der Waals surface area contributed by atoms with Crippen LogP contribution in [0.15, 0.2) is 0 Å². The van der Waals surface area contributed by atoms with Crippen molar-refractivity contribution in [3.8, 4) is 0 Å². The van der Waals surface area contributed by atoms with Gasteiger partial charge in [0, 0.05) is 5.54 Å². The van der Waals surface area contributed by atoms with E-state index in [9.17, 15) is 4.39 Å². The summed E-state index contributed by atoms with van der Waals surface area (Å²) in [7, 11) is 0. The molecule has 1 nitrogen and oxygen atoms in total. The van der Waals surface area contributed by atoms with E-state index >= 15 is 0 Å². The van der Waals surface area contributed by atoms with Crippen LogP contribution in [0.2, 0.25) is 0 Å². The molecule has 2 N–H and O–H groups in total. The van der Waals surface area contributed by atoms with Gasteiger partial charge < -0.3 is 5.73 Å². The zero-order valence-corrected chi connectivity index (χ0v) is 6.08. The first-order valence-corrected chi connectivity index (χ1v) is 3.39. The molecule has 0 aromatic heterocycles. The molecule has 0 unspecified atom stereocenters. The normalized spacial score (nSPS) is 24.0. The highest BCUT2D eigenvalue weighted by Gasteiger charge is 2.42. The summed E-state index contributed by atoms with van der Waals surface area (Å²) < 4.78 is 12.8. The van der Waals surface area contributed by atoms with Crippen molar-refractivity contribution in [2.24, 2.45) is 5.73 Å². The molecule has 0 saturated heterocycles. The summed E-state index contributed by atoms with van der Waals surface area (Å²) in [4.78, 5) is 0. The molecule has 0 spiro atoms. The summed E-state index contributed by atoms with van der Waals surface area (Å²) in [5.74, 6) is 0. The number of halogens is 1. The van der Waals surface area contributed by atoms with Crippen LogP contribution in [0.5, 0.6) is 0 Å². The van der Waals surface area contributed by atoms with Gasteiger partial charge in [-0.25, -0.2) is 4.39 Å². The highest BCUT2D eigenvalue weighted by atomic mass is 19.1. The van der Waals surface area contributed by atoms with Crippen molar-refractivity contribution in [2.75, 3.05) is 0 Å². The van der Waals surface area contributed by atoms with Gasteiger partial charge in [0.05, 0.1) is 0 Å². The zero-order valence-electron chi connectivity index (χ0n) is 6.08. The molecule has 0 heterocycles. The Kier molecular flexibility index (Phi) is 1.31. The third-order valence-electron chi connectivity index (χ3n) is 1.66. The second-order valence-electron chi connectivity index (χ2n) is 3.76. The fourth-order valence-electron chi connectivity index (χ4n) is 1.17. The van der Waals surface area contributed by atoms with Crippen molar-refractivity contribution in [3.63, 3.8) is 0 Å². The van der Waals surface area contributed by atoms with E-state index in [1.165, 1.54) is 0 Å². The molecular formula is C7H14FN. The average molecular weight is 131 g/mol. The number of rotatable bonds is 2. The van der Waals surface area contributed by atoms with E-state index in [-0.39, 0.29) is 5.54 Å². The van der Waals surface area contributed by atoms with Crippen LogP contribution in [-0.2, 0) is 0 Å². The Labute approximate surface area is 55.4 Å². The second-order valence-corrected chi connectivity index (χ2v) is 3.76. The summed E-state index contributed by atoms with van der Waals surface area (Å²) in [5, 5.41) is 0. The number of alkyl halides is 1. The Morgan fingerprint density at radius 2 is 2.00 bits per heavy atom. The molecule has 1 rings (SSSR count). The molecule has 0 atom stereocenters. The molecule has 0 amide bonds. The lowest BCUT2D eigenvalue weighted by atomic mass is 10.0. The Balaban J connectivity index is 2.33. The molecule has 1 aliphatic carbocycles. The molecule has 0 aromatic carbocycles. The first-order chi connectivity index (χ1) is 3.91. The first-order valence-electron chi connectivity index (χ1n) is 3.39. The molecule has 2 heteroatoms. The van der Waals surface area contributed by atoms with Gasteiger partial charge in [-0.2, -0.15) is 0 Å². The zero-order chi connectivity index (χ0) is 7.12. The van der Waals surface area contributed by atoms with Crippen LogP contribution in [0.3, 0.4) is 0 Å². The van der Waals surface area contributed by atoms with Gasteiger partial charge in [0.1, 0.15) is 5.67 Å². The fraction of sp³-hybridized carbons (Fsp3) is 1.00. The van der Waals surface area contributed by atoms with Crippen LogP contribution in [-0.4, -0.2) is 11.2 Å². The largest absolute Gasteiger partial charge is 0.325 e. The lowest BCUT2D eigenvalue weighted by molar-refractivity contribution is 0.183. The lowest BCUT2D eigenvalue weighted by Gasteiger charge is -2.18. The topological polar surface area (TPSA) is 26.0 Å². The van der Waals surface area contributed by atoms with Crippen LogP contribution < -0.4 is 5.73 Å². The number of hydrogen-bond donors (Lipinski definition) is 1. The van der Waals surface area contributed by atoms with Crippen molar-refractivity contribution in [3.05, 3.63) is 0 Å². The lowest BCUT2D eigenvalue weighted by Crippen LogP contribution is -2.30. The highest BCUT2D eigenvalue weighted by molar-refractivity contribution is 5.01. The summed E-state index contributed by atoms with van der Waals surface area (Å²) in [5.41, 5.74) is 4.47. The van der Waals surface area contributed by atoms with E-state index in [1.54, 1.807) is 13.8 Å². The third-order valence-corrected chi connectivity index (χ3v) is 1.66. The van der Waals surface area contributed by atoms with Gasteiger partial charge in [0.2, 0.25) is 0 Å². The monoisotopic (exact) mass is 131 g/mol. The van der Waals surface area contributed by atoms with Crippen molar-refractivity contribution < 1.29 is 4.39 Å². The van der Waals surface area contributed by atoms with Gasteiger partial charge in [-0.15, -0.1) is 0 Å².